The van der Waals surface area contributed by atoms with Gasteiger partial charge in [-0.25, -0.2) is 13.8 Å². The zero-order chi connectivity index (χ0) is 18.1. The van der Waals surface area contributed by atoms with Gasteiger partial charge < -0.3 is 10.0 Å². The van der Waals surface area contributed by atoms with Gasteiger partial charge in [0.1, 0.15) is 22.5 Å². The fraction of sp³-hybridized carbons (Fsp3) is 0.188. The second-order valence-electron chi connectivity index (χ2n) is 5.27. The number of aliphatic hydroxyl groups excluding tert-OH is 1. The normalized spacial score (nSPS) is 11.1. The molecular weight excluding hydrogens is 354 g/mol. The molecule has 0 bridgehead atoms. The first-order valence-corrected chi connectivity index (χ1v) is 7.67. The lowest BCUT2D eigenvalue weighted by Crippen LogP contribution is -2.25. The molecule has 2 aromatic heterocycles. The van der Waals surface area contributed by atoms with Crippen molar-refractivity contribution < 1.29 is 13.9 Å². The highest BCUT2D eigenvalue weighted by Crippen LogP contribution is 2.25. The van der Waals surface area contributed by atoms with E-state index in [4.69, 9.17) is 16.7 Å². The Morgan fingerprint density at radius 1 is 1.20 bits per heavy atom. The summed E-state index contributed by atoms with van der Waals surface area (Å²) in [7, 11) is 1.61. The molecule has 0 fully saturated rings. The second-order valence-corrected chi connectivity index (χ2v) is 5.63. The minimum atomic E-state index is -0.908. The number of pyridine rings is 1. The molecule has 130 valence electrons. The van der Waals surface area contributed by atoms with Gasteiger partial charge in [0, 0.05) is 19.7 Å². The quantitative estimate of drug-likeness (QED) is 0.716. The predicted molar refractivity (Wildman–Crippen MR) is 90.4 cm³/mol. The van der Waals surface area contributed by atoms with Crippen LogP contribution in [-0.2, 0) is 0 Å². The van der Waals surface area contributed by atoms with Crippen molar-refractivity contribution in [3.8, 4) is 5.69 Å². The highest BCUT2D eigenvalue weighted by Gasteiger charge is 2.19. The van der Waals surface area contributed by atoms with Crippen molar-refractivity contribution in [1.82, 2.24) is 14.5 Å². The number of hydrogen-bond donors (Lipinski definition) is 1. The standard InChI is InChI=1S/C16H13ClF2N4O2/c1-22(7-8-24)16-20-14(17)9-5-6-12(25)23(15(9)21-16)13-10(18)3-2-4-11(13)19/h2-6,24H,7-8H2,1H3. The van der Waals surface area contributed by atoms with Gasteiger partial charge in [0.05, 0.1) is 12.0 Å². The molecule has 0 aliphatic heterocycles. The lowest BCUT2D eigenvalue weighted by Gasteiger charge is -2.18. The van der Waals surface area contributed by atoms with Crippen LogP contribution in [0.5, 0.6) is 0 Å². The van der Waals surface area contributed by atoms with Crippen molar-refractivity contribution >= 4 is 28.6 Å². The highest BCUT2D eigenvalue weighted by molar-refractivity contribution is 6.34. The van der Waals surface area contributed by atoms with Gasteiger partial charge in [-0.15, -0.1) is 0 Å². The third-order valence-electron chi connectivity index (χ3n) is 3.63. The molecule has 0 unspecified atom stereocenters. The van der Waals surface area contributed by atoms with Gasteiger partial charge in [-0.1, -0.05) is 17.7 Å². The lowest BCUT2D eigenvalue weighted by atomic mass is 10.2. The summed E-state index contributed by atoms with van der Waals surface area (Å²) in [6.45, 7) is 0.0615. The molecule has 0 atom stereocenters. The van der Waals surface area contributed by atoms with Crippen molar-refractivity contribution in [2.45, 2.75) is 0 Å². The third kappa shape index (κ3) is 3.06. The number of fused-ring (bicyclic) bond motifs is 1. The second kappa shape index (κ2) is 6.73. The van der Waals surface area contributed by atoms with E-state index in [1.54, 1.807) is 7.05 Å². The average molecular weight is 367 g/mol. The number of para-hydroxylation sites is 1. The number of nitrogens with zero attached hydrogens (tertiary/aromatic N) is 4. The molecule has 0 aliphatic rings. The third-order valence-corrected chi connectivity index (χ3v) is 3.92. The van der Waals surface area contributed by atoms with Crippen LogP contribution >= 0.6 is 11.6 Å². The van der Waals surface area contributed by atoms with Crippen molar-refractivity contribution in [3.63, 3.8) is 0 Å². The number of rotatable bonds is 4. The Morgan fingerprint density at radius 2 is 1.88 bits per heavy atom. The summed E-state index contributed by atoms with van der Waals surface area (Å²) in [5, 5.41) is 9.34. The Hall–Kier alpha value is -2.58. The fourth-order valence-electron chi connectivity index (χ4n) is 2.41. The Labute approximate surface area is 145 Å². The Balaban J connectivity index is 2.39. The Morgan fingerprint density at radius 3 is 2.52 bits per heavy atom. The van der Waals surface area contributed by atoms with Crippen LogP contribution in [0.1, 0.15) is 0 Å². The highest BCUT2D eigenvalue weighted by atomic mass is 35.5. The van der Waals surface area contributed by atoms with Crippen molar-refractivity contribution in [3.05, 3.63) is 57.5 Å². The van der Waals surface area contributed by atoms with E-state index < -0.39 is 22.9 Å². The van der Waals surface area contributed by atoms with Crippen molar-refractivity contribution in [2.75, 3.05) is 25.1 Å². The van der Waals surface area contributed by atoms with E-state index in [-0.39, 0.29) is 35.3 Å². The number of aliphatic hydroxyl groups is 1. The number of aromatic nitrogens is 3. The molecular formula is C16H13ClF2N4O2. The average Bonchev–Trinajstić information content (AvgIpc) is 2.56. The van der Waals surface area contributed by atoms with Gasteiger partial charge in [0.25, 0.3) is 5.56 Å². The van der Waals surface area contributed by atoms with Crippen LogP contribution in [0.4, 0.5) is 14.7 Å². The molecule has 0 saturated carbocycles. The minimum absolute atomic E-state index is 0.0234. The van der Waals surface area contributed by atoms with Crippen molar-refractivity contribution in [2.24, 2.45) is 0 Å². The van der Waals surface area contributed by atoms with Crippen LogP contribution in [0.25, 0.3) is 16.7 Å². The topological polar surface area (TPSA) is 71.2 Å². The lowest BCUT2D eigenvalue weighted by molar-refractivity contribution is 0.303. The maximum absolute atomic E-state index is 14.2. The maximum Gasteiger partial charge on any atom is 0.256 e. The Bertz CT molecular complexity index is 989. The summed E-state index contributed by atoms with van der Waals surface area (Å²) in [6.07, 6.45) is 0. The van der Waals surface area contributed by atoms with Gasteiger partial charge in [-0.05, 0) is 18.2 Å². The Kier molecular flexibility index (Phi) is 4.65. The summed E-state index contributed by atoms with van der Waals surface area (Å²) in [4.78, 5) is 22.2. The molecule has 0 amide bonds. The molecule has 0 saturated heterocycles. The molecule has 1 N–H and O–H groups in total. The fourth-order valence-corrected chi connectivity index (χ4v) is 2.63. The molecule has 2 heterocycles. The minimum Gasteiger partial charge on any atom is -0.395 e. The zero-order valence-corrected chi connectivity index (χ0v) is 13.8. The molecule has 0 spiro atoms. The number of likely N-dealkylation sites (N-methyl/N-ethyl adjacent to an activating group) is 1. The molecule has 25 heavy (non-hydrogen) atoms. The summed E-state index contributed by atoms with van der Waals surface area (Å²) in [6, 6.07) is 5.83. The number of anilines is 1. The molecule has 6 nitrogen and oxygen atoms in total. The molecule has 9 heteroatoms. The van der Waals surface area contributed by atoms with Gasteiger partial charge in [-0.2, -0.15) is 4.98 Å². The predicted octanol–water partition coefficient (Wildman–Crippen LogP) is 2.14. The number of benzene rings is 1. The summed E-state index contributed by atoms with van der Waals surface area (Å²) in [5.41, 5.74) is -1.23. The summed E-state index contributed by atoms with van der Waals surface area (Å²) in [5.74, 6) is -1.70. The molecule has 3 rings (SSSR count). The first kappa shape index (κ1) is 17.2. The van der Waals surface area contributed by atoms with E-state index in [1.807, 2.05) is 0 Å². The van der Waals surface area contributed by atoms with Gasteiger partial charge in [0.15, 0.2) is 5.65 Å². The first-order chi connectivity index (χ1) is 11.9. The van der Waals surface area contributed by atoms with E-state index >= 15 is 0 Å². The summed E-state index contributed by atoms with van der Waals surface area (Å²) < 4.78 is 29.2. The van der Waals surface area contributed by atoms with E-state index in [0.717, 1.165) is 22.8 Å². The molecule has 3 aromatic rings. The van der Waals surface area contributed by atoms with E-state index in [9.17, 15) is 13.6 Å². The molecule has 0 radical (unpaired) electrons. The van der Waals surface area contributed by atoms with E-state index in [2.05, 4.69) is 9.97 Å². The van der Waals surface area contributed by atoms with Crippen LogP contribution in [-0.4, -0.2) is 39.8 Å². The van der Waals surface area contributed by atoms with Gasteiger partial charge >= 0.3 is 0 Å². The smallest absolute Gasteiger partial charge is 0.256 e. The van der Waals surface area contributed by atoms with E-state index in [1.165, 1.54) is 17.0 Å². The number of halogens is 3. The molecule has 1 aromatic carbocycles. The monoisotopic (exact) mass is 366 g/mol. The van der Waals surface area contributed by atoms with Gasteiger partial charge in [-0.3, -0.25) is 9.36 Å². The largest absolute Gasteiger partial charge is 0.395 e. The van der Waals surface area contributed by atoms with Crippen LogP contribution in [0, 0.1) is 11.6 Å². The van der Waals surface area contributed by atoms with Crippen LogP contribution < -0.4 is 10.5 Å². The van der Waals surface area contributed by atoms with Crippen molar-refractivity contribution in [1.29, 1.82) is 0 Å². The van der Waals surface area contributed by atoms with E-state index in [0.29, 0.717) is 0 Å². The van der Waals surface area contributed by atoms with Crippen LogP contribution in [0.3, 0.4) is 0 Å². The zero-order valence-electron chi connectivity index (χ0n) is 13.1. The maximum atomic E-state index is 14.2. The van der Waals surface area contributed by atoms with Gasteiger partial charge in [0.2, 0.25) is 5.95 Å². The SMILES string of the molecule is CN(CCO)c1nc(Cl)c2ccc(=O)n(-c3c(F)cccc3F)c2n1. The van der Waals surface area contributed by atoms with Crippen LogP contribution in [0.2, 0.25) is 5.15 Å². The molecule has 0 aliphatic carbocycles. The van der Waals surface area contributed by atoms with Crippen LogP contribution in [0.15, 0.2) is 35.1 Å². The number of hydrogen-bond acceptors (Lipinski definition) is 5. The first-order valence-electron chi connectivity index (χ1n) is 7.29. The summed E-state index contributed by atoms with van der Waals surface area (Å²) >= 11 is 6.15.